The van der Waals surface area contributed by atoms with Gasteiger partial charge in [0.1, 0.15) is 19.3 Å². The van der Waals surface area contributed by atoms with Crippen LogP contribution in [0.1, 0.15) is 5.56 Å². The summed E-state index contributed by atoms with van der Waals surface area (Å²) in [6, 6.07) is 10.4. The lowest BCUT2D eigenvalue weighted by molar-refractivity contribution is 0.332. The molecule has 1 heterocycles. The summed E-state index contributed by atoms with van der Waals surface area (Å²) < 4.78 is 5.28. The first-order chi connectivity index (χ1) is 7.95. The summed E-state index contributed by atoms with van der Waals surface area (Å²) >= 11 is 0. The molecule has 0 radical (unpaired) electrons. The molecule has 0 saturated carbocycles. The molecule has 1 aromatic heterocycles. The summed E-state index contributed by atoms with van der Waals surface area (Å²) in [5.41, 5.74) is 1.14. The van der Waals surface area contributed by atoms with Gasteiger partial charge in [-0.15, -0.1) is 0 Å². The van der Waals surface area contributed by atoms with Gasteiger partial charge in [0.25, 0.3) is 0 Å². The summed E-state index contributed by atoms with van der Waals surface area (Å²) in [5.74, 6) is 0. The Hall–Kier alpha value is -2.23. The van der Waals surface area contributed by atoms with Crippen LogP contribution in [0.2, 0.25) is 0 Å². The first-order valence-electron chi connectivity index (χ1n) is 4.91. The van der Waals surface area contributed by atoms with Crippen LogP contribution in [0.5, 0.6) is 6.01 Å². The first-order valence-corrected chi connectivity index (χ1v) is 4.91. The van der Waals surface area contributed by atoms with E-state index in [0.29, 0.717) is 12.6 Å². The third kappa shape index (κ3) is 3.16. The molecule has 4 heteroatoms. The number of rotatable bonds is 4. The van der Waals surface area contributed by atoms with E-state index in [9.17, 15) is 0 Å². The van der Waals surface area contributed by atoms with Crippen molar-refractivity contribution in [1.82, 2.24) is 15.0 Å². The highest BCUT2D eigenvalue weighted by Gasteiger charge is 1.91. The average molecular weight is 213 g/mol. The molecule has 0 aliphatic carbocycles. The molecule has 0 atom stereocenters. The number of benzene rings is 1. The molecule has 0 aliphatic rings. The molecule has 2 aromatic rings. The van der Waals surface area contributed by atoms with Crippen molar-refractivity contribution in [3.8, 4) is 6.01 Å². The zero-order valence-corrected chi connectivity index (χ0v) is 8.65. The van der Waals surface area contributed by atoms with Crippen LogP contribution < -0.4 is 4.74 Å². The maximum Gasteiger partial charge on any atom is 0.319 e. The van der Waals surface area contributed by atoms with Crippen LogP contribution in [0.4, 0.5) is 0 Å². The van der Waals surface area contributed by atoms with E-state index in [1.54, 1.807) is 0 Å². The minimum absolute atomic E-state index is 0.340. The Morgan fingerprint density at radius 2 is 1.81 bits per heavy atom. The maximum atomic E-state index is 5.28. The maximum absolute atomic E-state index is 5.28. The second kappa shape index (κ2) is 5.60. The lowest BCUT2D eigenvalue weighted by Gasteiger charge is -1.98. The fraction of sp³-hybridized carbons (Fsp3) is 0.0833. The third-order valence-corrected chi connectivity index (χ3v) is 1.89. The highest BCUT2D eigenvalue weighted by molar-refractivity contribution is 5.48. The Morgan fingerprint density at radius 3 is 2.56 bits per heavy atom. The van der Waals surface area contributed by atoms with E-state index in [1.807, 2.05) is 42.5 Å². The van der Waals surface area contributed by atoms with Crippen LogP contribution in [-0.2, 0) is 0 Å². The number of hydrogen-bond donors (Lipinski definition) is 0. The second-order valence-corrected chi connectivity index (χ2v) is 3.04. The van der Waals surface area contributed by atoms with Gasteiger partial charge in [-0.3, -0.25) is 0 Å². The molecule has 0 unspecified atom stereocenters. The van der Waals surface area contributed by atoms with E-state index in [1.165, 1.54) is 12.7 Å². The molecule has 0 N–H and O–H groups in total. The van der Waals surface area contributed by atoms with Crippen LogP contribution in [-0.4, -0.2) is 21.6 Å². The standard InChI is InChI=1S/C12H11N3O/c1-2-5-11(6-3-1)7-4-8-16-12-14-9-13-10-15-12/h1-7,9-10H,8H2/b7-4+. The highest BCUT2D eigenvalue weighted by Crippen LogP contribution is 2.01. The fourth-order valence-electron chi connectivity index (χ4n) is 1.17. The minimum Gasteiger partial charge on any atom is -0.459 e. The van der Waals surface area contributed by atoms with Crippen LogP contribution >= 0.6 is 0 Å². The molecule has 16 heavy (non-hydrogen) atoms. The van der Waals surface area contributed by atoms with Crippen molar-refractivity contribution in [2.24, 2.45) is 0 Å². The molecule has 0 aliphatic heterocycles. The van der Waals surface area contributed by atoms with Crippen molar-refractivity contribution in [3.05, 3.63) is 54.6 Å². The molecule has 0 fully saturated rings. The highest BCUT2D eigenvalue weighted by atomic mass is 16.5. The Balaban J connectivity index is 1.83. The molecule has 0 spiro atoms. The smallest absolute Gasteiger partial charge is 0.319 e. The van der Waals surface area contributed by atoms with Crippen molar-refractivity contribution < 1.29 is 4.74 Å². The first kappa shape index (κ1) is 10.3. The molecule has 1 aromatic carbocycles. The van der Waals surface area contributed by atoms with E-state index < -0.39 is 0 Å². The summed E-state index contributed by atoms with van der Waals surface area (Å²) in [5, 5.41) is 0. The Kier molecular flexibility index (Phi) is 3.60. The molecule has 80 valence electrons. The monoisotopic (exact) mass is 213 g/mol. The fourth-order valence-corrected chi connectivity index (χ4v) is 1.17. The van der Waals surface area contributed by atoms with E-state index in [2.05, 4.69) is 15.0 Å². The van der Waals surface area contributed by atoms with Gasteiger partial charge in [-0.2, -0.15) is 9.97 Å². The Labute approximate surface area is 93.7 Å². The normalized spacial score (nSPS) is 10.5. The van der Waals surface area contributed by atoms with Gasteiger partial charge in [0.2, 0.25) is 0 Å². The zero-order chi connectivity index (χ0) is 11.1. The van der Waals surface area contributed by atoms with Crippen molar-refractivity contribution in [3.63, 3.8) is 0 Å². The summed E-state index contributed by atoms with van der Waals surface area (Å²) in [4.78, 5) is 11.4. The molecule has 4 nitrogen and oxygen atoms in total. The largest absolute Gasteiger partial charge is 0.459 e. The quantitative estimate of drug-likeness (QED) is 0.779. The molecule has 0 amide bonds. The lowest BCUT2D eigenvalue weighted by Crippen LogP contribution is -1.98. The van der Waals surface area contributed by atoms with Crippen molar-refractivity contribution in [2.45, 2.75) is 0 Å². The van der Waals surface area contributed by atoms with E-state index in [0.717, 1.165) is 5.56 Å². The lowest BCUT2D eigenvalue weighted by atomic mass is 10.2. The summed E-state index contributed by atoms with van der Waals surface area (Å²) in [6.07, 6.45) is 6.72. The molecule has 0 bridgehead atoms. The molecular formula is C12H11N3O. The second-order valence-electron chi connectivity index (χ2n) is 3.04. The van der Waals surface area contributed by atoms with Gasteiger partial charge in [-0.1, -0.05) is 36.4 Å². The molecule has 2 rings (SSSR count). The van der Waals surface area contributed by atoms with E-state index in [-0.39, 0.29) is 0 Å². The minimum atomic E-state index is 0.340. The van der Waals surface area contributed by atoms with Crippen LogP contribution in [0.3, 0.4) is 0 Å². The van der Waals surface area contributed by atoms with Crippen LogP contribution in [0, 0.1) is 0 Å². The topological polar surface area (TPSA) is 47.9 Å². The van der Waals surface area contributed by atoms with Gasteiger partial charge < -0.3 is 4.74 Å². The summed E-state index contributed by atoms with van der Waals surface area (Å²) in [6.45, 7) is 0.443. The van der Waals surface area contributed by atoms with Crippen molar-refractivity contribution in [2.75, 3.05) is 6.61 Å². The van der Waals surface area contributed by atoms with Gasteiger partial charge in [-0.25, -0.2) is 4.98 Å². The number of hydrogen-bond acceptors (Lipinski definition) is 4. The molecule has 0 saturated heterocycles. The Bertz CT molecular complexity index is 442. The third-order valence-electron chi connectivity index (χ3n) is 1.89. The van der Waals surface area contributed by atoms with Crippen molar-refractivity contribution in [1.29, 1.82) is 0 Å². The van der Waals surface area contributed by atoms with Gasteiger partial charge in [0.15, 0.2) is 0 Å². The average Bonchev–Trinajstić information content (AvgIpc) is 2.37. The van der Waals surface area contributed by atoms with Gasteiger partial charge in [-0.05, 0) is 11.6 Å². The molecular weight excluding hydrogens is 202 g/mol. The summed E-state index contributed by atoms with van der Waals surface area (Å²) in [7, 11) is 0. The number of ether oxygens (including phenoxy) is 1. The van der Waals surface area contributed by atoms with E-state index >= 15 is 0 Å². The van der Waals surface area contributed by atoms with Crippen LogP contribution in [0.15, 0.2) is 49.1 Å². The van der Waals surface area contributed by atoms with Gasteiger partial charge in [0, 0.05) is 0 Å². The SMILES string of the molecule is C(=C\c1ccccc1)/COc1ncncn1. The van der Waals surface area contributed by atoms with Crippen LogP contribution in [0.25, 0.3) is 6.08 Å². The predicted octanol–water partition coefficient (Wildman–Crippen LogP) is 1.96. The van der Waals surface area contributed by atoms with Gasteiger partial charge in [0.05, 0.1) is 0 Å². The Morgan fingerprint density at radius 1 is 1.06 bits per heavy atom. The van der Waals surface area contributed by atoms with Gasteiger partial charge >= 0.3 is 6.01 Å². The zero-order valence-electron chi connectivity index (χ0n) is 8.65. The van der Waals surface area contributed by atoms with Crippen molar-refractivity contribution >= 4 is 6.08 Å². The predicted molar refractivity (Wildman–Crippen MR) is 60.8 cm³/mol. The number of aromatic nitrogens is 3. The van der Waals surface area contributed by atoms with E-state index in [4.69, 9.17) is 4.74 Å². The number of nitrogens with zero attached hydrogens (tertiary/aromatic N) is 3.